The van der Waals surface area contributed by atoms with Gasteiger partial charge >= 0.3 is 0 Å². The smallest absolute Gasteiger partial charge is 0.201 e. The van der Waals surface area contributed by atoms with Crippen LogP contribution < -0.4 is 0 Å². The fraction of sp³-hybridized carbons (Fsp3) is 0.903. The molecule has 0 saturated carbocycles. The zero-order valence-corrected chi connectivity index (χ0v) is 23.2. The summed E-state index contributed by atoms with van der Waals surface area (Å²) in [5, 5.41) is 0. The minimum Gasteiger partial charge on any atom is -0.218 e. The van der Waals surface area contributed by atoms with Crippen molar-refractivity contribution in [3.8, 4) is 0 Å². The van der Waals surface area contributed by atoms with Crippen LogP contribution in [0.4, 0.5) is 0 Å². The van der Waals surface area contributed by atoms with E-state index in [0.29, 0.717) is 0 Å². The van der Waals surface area contributed by atoms with E-state index in [-0.39, 0.29) is 0 Å². The van der Waals surface area contributed by atoms with Crippen molar-refractivity contribution in [2.75, 3.05) is 0 Å². The molecular formula is C31H58N3. The minimum atomic E-state index is 0.955. The second-order valence-corrected chi connectivity index (χ2v) is 10.5. The Bertz CT molecular complexity index is 488. The standard InChI is InChI=1S/C31H58N3/c1-3-5-7-9-11-13-15-17-19-21-23-25-27-30-32-29-33-31(34-30)28-26-24-22-20-18-16-14-12-10-8-6-4-2/h3-28H2,1-2H3. The van der Waals surface area contributed by atoms with E-state index in [9.17, 15) is 0 Å². The van der Waals surface area contributed by atoms with Gasteiger partial charge in [-0.1, -0.05) is 155 Å². The zero-order valence-electron chi connectivity index (χ0n) is 23.2. The topological polar surface area (TPSA) is 38.7 Å². The molecule has 1 aromatic rings. The SMILES string of the molecule is CCCCCCCCCCCCCCc1n[c]nc(CCCCCCCCCCCCCC)n1. The normalized spacial score (nSPS) is 11.4. The third kappa shape index (κ3) is 20.4. The van der Waals surface area contributed by atoms with Crippen molar-refractivity contribution >= 4 is 0 Å². The number of hydrogen-bond acceptors (Lipinski definition) is 3. The molecule has 0 unspecified atom stereocenters. The van der Waals surface area contributed by atoms with Crippen LogP contribution in [0.3, 0.4) is 0 Å². The van der Waals surface area contributed by atoms with E-state index >= 15 is 0 Å². The van der Waals surface area contributed by atoms with Gasteiger partial charge in [0.05, 0.1) is 0 Å². The van der Waals surface area contributed by atoms with Crippen molar-refractivity contribution in [3.05, 3.63) is 18.0 Å². The highest BCUT2D eigenvalue weighted by atomic mass is 15.0. The summed E-state index contributed by atoms with van der Waals surface area (Å²) in [7, 11) is 0. The maximum Gasteiger partial charge on any atom is 0.201 e. The molecule has 0 saturated heterocycles. The van der Waals surface area contributed by atoms with Crippen LogP contribution >= 0.6 is 0 Å². The second-order valence-electron chi connectivity index (χ2n) is 10.5. The molecular weight excluding hydrogens is 414 g/mol. The predicted molar refractivity (Wildman–Crippen MR) is 148 cm³/mol. The molecule has 3 nitrogen and oxygen atoms in total. The lowest BCUT2D eigenvalue weighted by molar-refractivity contribution is 0.539. The highest BCUT2D eigenvalue weighted by molar-refractivity contribution is 4.90. The zero-order chi connectivity index (χ0) is 24.4. The average Bonchev–Trinajstić information content (AvgIpc) is 2.85. The first kappa shape index (κ1) is 31.0. The predicted octanol–water partition coefficient (Wildman–Crippen LogP) is 10.2. The summed E-state index contributed by atoms with van der Waals surface area (Å²) in [5.74, 6) is 1.91. The van der Waals surface area contributed by atoms with Gasteiger partial charge < -0.3 is 0 Å². The van der Waals surface area contributed by atoms with Crippen LogP contribution in [-0.4, -0.2) is 15.0 Å². The Morgan fingerprint density at radius 3 is 0.941 bits per heavy atom. The number of unbranched alkanes of at least 4 members (excludes halogenated alkanes) is 22. The van der Waals surface area contributed by atoms with Gasteiger partial charge in [-0.25, -0.2) is 15.0 Å². The lowest BCUT2D eigenvalue weighted by atomic mass is 10.0. The van der Waals surface area contributed by atoms with Crippen molar-refractivity contribution in [3.63, 3.8) is 0 Å². The summed E-state index contributed by atoms with van der Waals surface area (Å²) >= 11 is 0. The number of rotatable bonds is 26. The molecule has 0 atom stereocenters. The molecule has 1 radical (unpaired) electrons. The third-order valence-electron chi connectivity index (χ3n) is 7.12. The molecule has 0 N–H and O–H groups in total. The number of aryl methyl sites for hydroxylation is 2. The number of hydrogen-bond donors (Lipinski definition) is 0. The van der Waals surface area contributed by atoms with Crippen molar-refractivity contribution in [2.45, 2.75) is 181 Å². The first-order valence-electron chi connectivity index (χ1n) is 15.5. The van der Waals surface area contributed by atoms with Gasteiger partial charge in [-0.05, 0) is 12.8 Å². The molecule has 0 bridgehead atoms. The summed E-state index contributed by atoms with van der Waals surface area (Å²) < 4.78 is 0. The molecule has 34 heavy (non-hydrogen) atoms. The minimum absolute atomic E-state index is 0.955. The van der Waals surface area contributed by atoms with Gasteiger partial charge in [0.15, 0.2) is 0 Å². The van der Waals surface area contributed by atoms with Crippen molar-refractivity contribution < 1.29 is 0 Å². The molecule has 0 aliphatic heterocycles. The van der Waals surface area contributed by atoms with E-state index in [4.69, 9.17) is 4.98 Å². The van der Waals surface area contributed by atoms with E-state index in [2.05, 4.69) is 30.1 Å². The van der Waals surface area contributed by atoms with Crippen molar-refractivity contribution in [1.82, 2.24) is 15.0 Å². The van der Waals surface area contributed by atoms with E-state index in [0.717, 1.165) is 24.5 Å². The highest BCUT2D eigenvalue weighted by Crippen LogP contribution is 2.14. The average molecular weight is 473 g/mol. The maximum atomic E-state index is 4.70. The third-order valence-corrected chi connectivity index (χ3v) is 7.12. The van der Waals surface area contributed by atoms with Crippen molar-refractivity contribution in [2.24, 2.45) is 0 Å². The first-order valence-corrected chi connectivity index (χ1v) is 15.5. The Morgan fingerprint density at radius 2 is 0.647 bits per heavy atom. The summed E-state index contributed by atoms with van der Waals surface area (Å²) in [6, 6.07) is 0. The van der Waals surface area contributed by atoms with Gasteiger partial charge in [0.2, 0.25) is 6.33 Å². The molecule has 3 heteroatoms. The molecule has 0 aromatic carbocycles. The Morgan fingerprint density at radius 1 is 0.382 bits per heavy atom. The van der Waals surface area contributed by atoms with Gasteiger partial charge in [-0.3, -0.25) is 0 Å². The van der Waals surface area contributed by atoms with Crippen molar-refractivity contribution in [1.29, 1.82) is 0 Å². The van der Waals surface area contributed by atoms with E-state index in [1.807, 2.05) is 0 Å². The van der Waals surface area contributed by atoms with E-state index in [1.54, 1.807) is 0 Å². The van der Waals surface area contributed by atoms with Crippen LogP contribution in [0.1, 0.15) is 180 Å². The van der Waals surface area contributed by atoms with Gasteiger partial charge in [0, 0.05) is 12.8 Å². The lowest BCUT2D eigenvalue weighted by Gasteiger charge is -2.04. The second kappa shape index (κ2) is 25.1. The molecule has 197 valence electrons. The molecule has 1 rings (SSSR count). The molecule has 0 fully saturated rings. The summed E-state index contributed by atoms with van der Waals surface area (Å²) in [5.41, 5.74) is 0. The van der Waals surface area contributed by atoms with Crippen LogP contribution in [0.15, 0.2) is 0 Å². The fourth-order valence-electron chi connectivity index (χ4n) is 4.81. The van der Waals surface area contributed by atoms with Gasteiger partial charge in [0.1, 0.15) is 11.6 Å². The van der Waals surface area contributed by atoms with Crippen LogP contribution in [0, 0.1) is 6.33 Å². The summed E-state index contributed by atoms with van der Waals surface area (Å²) in [4.78, 5) is 13.3. The molecule has 0 aliphatic rings. The quantitative estimate of drug-likeness (QED) is 0.126. The Balaban J connectivity index is 1.91. The first-order chi connectivity index (χ1) is 16.9. The molecule has 0 amide bonds. The van der Waals surface area contributed by atoms with Crippen LogP contribution in [0.25, 0.3) is 0 Å². The molecule has 1 heterocycles. The van der Waals surface area contributed by atoms with Crippen LogP contribution in [-0.2, 0) is 12.8 Å². The van der Waals surface area contributed by atoms with E-state index < -0.39 is 0 Å². The largest absolute Gasteiger partial charge is 0.218 e. The Hall–Kier alpha value is -0.990. The Labute approximate surface area is 213 Å². The fourth-order valence-corrected chi connectivity index (χ4v) is 4.81. The monoisotopic (exact) mass is 472 g/mol. The van der Waals surface area contributed by atoms with Crippen LogP contribution in [0.2, 0.25) is 0 Å². The Kier molecular flexibility index (Phi) is 22.9. The number of aromatic nitrogens is 3. The molecule has 0 spiro atoms. The van der Waals surface area contributed by atoms with E-state index in [1.165, 1.54) is 154 Å². The molecule has 0 aliphatic carbocycles. The van der Waals surface area contributed by atoms with Gasteiger partial charge in [0.25, 0.3) is 0 Å². The summed E-state index contributed by atoms with van der Waals surface area (Å²) in [6.45, 7) is 4.58. The highest BCUT2D eigenvalue weighted by Gasteiger charge is 2.03. The maximum absolute atomic E-state index is 4.70. The van der Waals surface area contributed by atoms with Gasteiger partial charge in [-0.2, -0.15) is 0 Å². The lowest BCUT2D eigenvalue weighted by Crippen LogP contribution is -2.03. The van der Waals surface area contributed by atoms with Gasteiger partial charge in [-0.15, -0.1) is 0 Å². The molecule has 1 aromatic heterocycles. The summed E-state index contributed by atoms with van der Waals surface area (Å²) in [6.07, 6.45) is 38.1. The number of nitrogens with zero attached hydrogens (tertiary/aromatic N) is 3. The van der Waals surface area contributed by atoms with Crippen LogP contribution in [0.5, 0.6) is 0 Å².